The van der Waals surface area contributed by atoms with E-state index in [1.807, 2.05) is 42.5 Å². The van der Waals surface area contributed by atoms with E-state index in [1.54, 1.807) is 14.2 Å². The van der Waals surface area contributed by atoms with E-state index in [9.17, 15) is 0 Å². The Morgan fingerprint density at radius 2 is 1.82 bits per heavy atom. The monoisotopic (exact) mass is 232 g/mol. The second-order valence-corrected chi connectivity index (χ2v) is 3.93. The Balaban J connectivity index is 2.70. The number of hydrogen-bond donors (Lipinski definition) is 0. The SMILES string of the molecule is C=C[C@H](C)[C@H](/C=C/c1ccc(OC)cc1)OC. The van der Waals surface area contributed by atoms with E-state index in [0.29, 0.717) is 5.92 Å². The summed E-state index contributed by atoms with van der Waals surface area (Å²) in [5, 5.41) is 0. The molecule has 17 heavy (non-hydrogen) atoms. The Bertz CT molecular complexity index is 365. The molecule has 0 fully saturated rings. The van der Waals surface area contributed by atoms with E-state index in [2.05, 4.69) is 13.5 Å². The molecule has 0 radical (unpaired) electrons. The van der Waals surface area contributed by atoms with E-state index in [4.69, 9.17) is 9.47 Å². The molecule has 1 rings (SSSR count). The van der Waals surface area contributed by atoms with Crippen molar-refractivity contribution in [1.29, 1.82) is 0 Å². The lowest BCUT2D eigenvalue weighted by Gasteiger charge is -2.15. The fourth-order valence-electron chi connectivity index (χ4n) is 1.52. The molecule has 0 heterocycles. The third-order valence-electron chi connectivity index (χ3n) is 2.76. The van der Waals surface area contributed by atoms with Gasteiger partial charge < -0.3 is 9.47 Å². The van der Waals surface area contributed by atoms with Crippen molar-refractivity contribution >= 4 is 6.08 Å². The van der Waals surface area contributed by atoms with Gasteiger partial charge in [-0.3, -0.25) is 0 Å². The maximum atomic E-state index is 5.39. The van der Waals surface area contributed by atoms with Crippen molar-refractivity contribution in [2.45, 2.75) is 13.0 Å². The van der Waals surface area contributed by atoms with Crippen LogP contribution in [0.4, 0.5) is 0 Å². The lowest BCUT2D eigenvalue weighted by atomic mass is 10.0. The smallest absolute Gasteiger partial charge is 0.118 e. The average Bonchev–Trinajstić information content (AvgIpc) is 2.39. The summed E-state index contributed by atoms with van der Waals surface area (Å²) in [5.41, 5.74) is 1.13. The third kappa shape index (κ3) is 4.08. The molecule has 2 atom stereocenters. The highest BCUT2D eigenvalue weighted by Crippen LogP contribution is 2.15. The van der Waals surface area contributed by atoms with Crippen LogP contribution in [0.15, 0.2) is 43.0 Å². The molecule has 0 spiro atoms. The molecule has 92 valence electrons. The highest BCUT2D eigenvalue weighted by molar-refractivity contribution is 5.51. The van der Waals surface area contributed by atoms with Crippen molar-refractivity contribution in [3.05, 3.63) is 48.6 Å². The zero-order valence-corrected chi connectivity index (χ0v) is 10.7. The molecule has 0 unspecified atom stereocenters. The van der Waals surface area contributed by atoms with E-state index < -0.39 is 0 Å². The van der Waals surface area contributed by atoms with Gasteiger partial charge in [0.15, 0.2) is 0 Å². The van der Waals surface area contributed by atoms with Gasteiger partial charge in [-0.1, -0.05) is 37.3 Å². The third-order valence-corrected chi connectivity index (χ3v) is 2.76. The quantitative estimate of drug-likeness (QED) is 0.698. The fourth-order valence-corrected chi connectivity index (χ4v) is 1.52. The van der Waals surface area contributed by atoms with Crippen LogP contribution in [0.2, 0.25) is 0 Å². The predicted octanol–water partition coefficient (Wildman–Crippen LogP) is 3.55. The van der Waals surface area contributed by atoms with Crippen LogP contribution < -0.4 is 4.74 Å². The molecule has 0 aliphatic rings. The van der Waals surface area contributed by atoms with Gasteiger partial charge in [0.2, 0.25) is 0 Å². The maximum Gasteiger partial charge on any atom is 0.118 e. The molecule has 0 N–H and O–H groups in total. The molecule has 0 saturated carbocycles. The van der Waals surface area contributed by atoms with Crippen LogP contribution in [0.1, 0.15) is 12.5 Å². The summed E-state index contributed by atoms with van der Waals surface area (Å²) in [4.78, 5) is 0. The van der Waals surface area contributed by atoms with Gasteiger partial charge in [-0.05, 0) is 17.7 Å². The van der Waals surface area contributed by atoms with Gasteiger partial charge in [0.25, 0.3) is 0 Å². The highest BCUT2D eigenvalue weighted by Gasteiger charge is 2.08. The lowest BCUT2D eigenvalue weighted by molar-refractivity contribution is 0.114. The summed E-state index contributed by atoms with van der Waals surface area (Å²) in [5.74, 6) is 1.17. The molecular formula is C15H20O2. The first-order valence-corrected chi connectivity index (χ1v) is 5.69. The Labute approximate surface area is 104 Å². The number of methoxy groups -OCH3 is 2. The van der Waals surface area contributed by atoms with Crippen LogP contribution in [0.25, 0.3) is 6.08 Å². The first-order valence-electron chi connectivity index (χ1n) is 5.69. The van der Waals surface area contributed by atoms with Gasteiger partial charge in [-0.2, -0.15) is 0 Å². The van der Waals surface area contributed by atoms with Gasteiger partial charge in [0.1, 0.15) is 5.75 Å². The van der Waals surface area contributed by atoms with Crippen molar-refractivity contribution in [2.75, 3.05) is 14.2 Å². The van der Waals surface area contributed by atoms with Crippen LogP contribution in [0.3, 0.4) is 0 Å². The summed E-state index contributed by atoms with van der Waals surface area (Å²) in [6.45, 7) is 5.86. The Hall–Kier alpha value is -1.54. The lowest BCUT2D eigenvalue weighted by Crippen LogP contribution is -2.15. The molecule has 0 aromatic heterocycles. The molecule has 0 aliphatic heterocycles. The minimum absolute atomic E-state index is 0.0644. The van der Waals surface area contributed by atoms with Crippen molar-refractivity contribution < 1.29 is 9.47 Å². The van der Waals surface area contributed by atoms with Crippen molar-refractivity contribution in [3.63, 3.8) is 0 Å². The van der Waals surface area contributed by atoms with Crippen molar-refractivity contribution in [2.24, 2.45) is 5.92 Å². The van der Waals surface area contributed by atoms with Gasteiger partial charge in [-0.25, -0.2) is 0 Å². The number of benzene rings is 1. The Morgan fingerprint density at radius 1 is 1.18 bits per heavy atom. The molecule has 0 amide bonds. The van der Waals surface area contributed by atoms with Crippen LogP contribution >= 0.6 is 0 Å². The minimum atomic E-state index is 0.0644. The summed E-state index contributed by atoms with van der Waals surface area (Å²) in [7, 11) is 3.38. The topological polar surface area (TPSA) is 18.5 Å². The van der Waals surface area contributed by atoms with Crippen LogP contribution in [0, 0.1) is 5.92 Å². The molecule has 0 bridgehead atoms. The summed E-state index contributed by atoms with van der Waals surface area (Å²) in [6, 6.07) is 7.91. The Morgan fingerprint density at radius 3 is 2.29 bits per heavy atom. The normalized spacial score (nSPS) is 14.5. The second kappa shape index (κ2) is 6.92. The van der Waals surface area contributed by atoms with Gasteiger partial charge >= 0.3 is 0 Å². The first kappa shape index (κ1) is 13.5. The van der Waals surface area contributed by atoms with Crippen LogP contribution in [-0.4, -0.2) is 20.3 Å². The van der Waals surface area contributed by atoms with E-state index in [0.717, 1.165) is 11.3 Å². The fraction of sp³-hybridized carbons (Fsp3) is 0.333. The molecule has 1 aromatic carbocycles. The minimum Gasteiger partial charge on any atom is -0.497 e. The van der Waals surface area contributed by atoms with Crippen molar-refractivity contribution in [3.8, 4) is 5.75 Å². The number of rotatable bonds is 6. The molecule has 0 saturated heterocycles. The van der Waals surface area contributed by atoms with E-state index in [1.165, 1.54) is 0 Å². The standard InChI is InChI=1S/C15H20O2/c1-5-12(2)15(17-4)11-8-13-6-9-14(16-3)10-7-13/h5-12,15H,1H2,2-4H3/b11-8+/t12-,15-/m0/s1. The summed E-state index contributed by atoms with van der Waals surface area (Å²) >= 11 is 0. The van der Waals surface area contributed by atoms with Gasteiger partial charge in [-0.15, -0.1) is 6.58 Å². The van der Waals surface area contributed by atoms with Crippen molar-refractivity contribution in [1.82, 2.24) is 0 Å². The molecule has 2 heteroatoms. The molecule has 1 aromatic rings. The summed E-state index contributed by atoms with van der Waals surface area (Å²) in [6.07, 6.45) is 6.06. The number of ether oxygens (including phenoxy) is 2. The summed E-state index contributed by atoms with van der Waals surface area (Å²) < 4.78 is 10.5. The van der Waals surface area contributed by atoms with Gasteiger partial charge in [0.05, 0.1) is 13.2 Å². The largest absolute Gasteiger partial charge is 0.497 e. The maximum absolute atomic E-state index is 5.39. The second-order valence-electron chi connectivity index (χ2n) is 3.93. The number of hydrogen-bond acceptors (Lipinski definition) is 2. The van der Waals surface area contributed by atoms with Crippen LogP contribution in [0.5, 0.6) is 5.75 Å². The zero-order valence-electron chi connectivity index (χ0n) is 10.7. The molecule has 0 aliphatic carbocycles. The Kier molecular flexibility index (Phi) is 5.50. The highest BCUT2D eigenvalue weighted by atomic mass is 16.5. The van der Waals surface area contributed by atoms with Gasteiger partial charge in [0, 0.05) is 13.0 Å². The molecule has 2 nitrogen and oxygen atoms in total. The first-order chi connectivity index (χ1) is 8.21. The molecular weight excluding hydrogens is 212 g/mol. The predicted molar refractivity (Wildman–Crippen MR) is 72.2 cm³/mol. The van der Waals surface area contributed by atoms with Crippen LogP contribution in [-0.2, 0) is 4.74 Å². The van der Waals surface area contributed by atoms with E-state index in [-0.39, 0.29) is 6.10 Å². The van der Waals surface area contributed by atoms with E-state index >= 15 is 0 Å². The average molecular weight is 232 g/mol. The zero-order chi connectivity index (χ0) is 12.7.